The molecule has 0 amide bonds. The molecule has 3 heteroatoms. The topological polar surface area (TPSA) is 22.1 Å². The van der Waals surface area contributed by atoms with Crippen LogP contribution in [0.15, 0.2) is 30.3 Å². The van der Waals surface area contributed by atoms with E-state index in [1.54, 1.807) is 0 Å². The van der Waals surface area contributed by atoms with Gasteiger partial charge in [0.05, 0.1) is 11.6 Å². The molecule has 0 aliphatic carbocycles. The van der Waals surface area contributed by atoms with Crippen molar-refractivity contribution < 1.29 is 4.74 Å². The minimum absolute atomic E-state index is 0.131. The second-order valence-electron chi connectivity index (χ2n) is 4.89. The number of fused-ring (bicyclic) bond motifs is 1. The summed E-state index contributed by atoms with van der Waals surface area (Å²) in [6.07, 6.45) is 1.98. The highest BCUT2D eigenvalue weighted by molar-refractivity contribution is 6.20. The van der Waals surface area contributed by atoms with E-state index in [0.717, 1.165) is 30.7 Å². The maximum absolute atomic E-state index is 6.21. The molecule has 1 aliphatic heterocycles. The van der Waals surface area contributed by atoms with Crippen molar-refractivity contribution in [1.82, 2.24) is 4.98 Å². The van der Waals surface area contributed by atoms with E-state index in [1.165, 1.54) is 10.9 Å². The van der Waals surface area contributed by atoms with E-state index in [2.05, 4.69) is 29.2 Å². The minimum atomic E-state index is 0.131. The van der Waals surface area contributed by atoms with Crippen LogP contribution in [0, 0.1) is 6.92 Å². The molecule has 1 aromatic heterocycles. The van der Waals surface area contributed by atoms with Gasteiger partial charge < -0.3 is 4.74 Å². The van der Waals surface area contributed by atoms with Crippen LogP contribution in [0.5, 0.6) is 0 Å². The lowest BCUT2D eigenvalue weighted by molar-refractivity contribution is 0.0169. The first-order valence-electron chi connectivity index (χ1n) is 6.35. The monoisotopic (exact) mass is 261 g/mol. The molecule has 18 heavy (non-hydrogen) atoms. The van der Waals surface area contributed by atoms with Gasteiger partial charge in [0.2, 0.25) is 0 Å². The van der Waals surface area contributed by atoms with Gasteiger partial charge >= 0.3 is 0 Å². The Morgan fingerprint density at radius 1 is 1.28 bits per heavy atom. The first-order valence-corrected chi connectivity index (χ1v) is 6.79. The number of aryl methyl sites for hydroxylation is 1. The van der Waals surface area contributed by atoms with E-state index >= 15 is 0 Å². The van der Waals surface area contributed by atoms with Crippen LogP contribution in [0.3, 0.4) is 0 Å². The Kier molecular flexibility index (Phi) is 3.23. The van der Waals surface area contributed by atoms with Crippen molar-refractivity contribution in [1.29, 1.82) is 0 Å². The van der Waals surface area contributed by atoms with Gasteiger partial charge in [-0.25, -0.2) is 0 Å². The SMILES string of the molecule is Cc1ccc2cc(C3CC(Cl)CCO3)ccc2n1. The first kappa shape index (κ1) is 11.9. The van der Waals surface area contributed by atoms with E-state index in [4.69, 9.17) is 16.3 Å². The number of hydrogen-bond acceptors (Lipinski definition) is 2. The molecule has 0 radical (unpaired) electrons. The Bertz CT molecular complexity index is 569. The molecule has 2 heterocycles. The van der Waals surface area contributed by atoms with E-state index in [1.807, 2.05) is 13.0 Å². The fourth-order valence-corrected chi connectivity index (χ4v) is 2.69. The van der Waals surface area contributed by atoms with Crippen LogP contribution >= 0.6 is 11.6 Å². The van der Waals surface area contributed by atoms with Crippen molar-refractivity contribution in [3.63, 3.8) is 0 Å². The van der Waals surface area contributed by atoms with Gasteiger partial charge in [0, 0.05) is 23.1 Å². The van der Waals surface area contributed by atoms with E-state index < -0.39 is 0 Å². The summed E-state index contributed by atoms with van der Waals surface area (Å²) >= 11 is 6.21. The Balaban J connectivity index is 1.95. The van der Waals surface area contributed by atoms with Gasteiger partial charge in [0.1, 0.15) is 0 Å². The summed E-state index contributed by atoms with van der Waals surface area (Å²) in [5.41, 5.74) is 3.29. The van der Waals surface area contributed by atoms with Gasteiger partial charge in [-0.3, -0.25) is 4.98 Å². The lowest BCUT2D eigenvalue weighted by Gasteiger charge is -2.26. The molecule has 0 saturated carbocycles. The zero-order valence-corrected chi connectivity index (χ0v) is 11.2. The van der Waals surface area contributed by atoms with Crippen molar-refractivity contribution in [3.05, 3.63) is 41.6 Å². The largest absolute Gasteiger partial charge is 0.373 e. The van der Waals surface area contributed by atoms with Crippen molar-refractivity contribution in [2.45, 2.75) is 31.2 Å². The number of nitrogens with zero attached hydrogens (tertiary/aromatic N) is 1. The highest BCUT2D eigenvalue weighted by atomic mass is 35.5. The number of ether oxygens (including phenoxy) is 1. The predicted molar refractivity (Wildman–Crippen MR) is 74.0 cm³/mol. The third-order valence-corrected chi connectivity index (χ3v) is 3.84. The van der Waals surface area contributed by atoms with E-state index in [-0.39, 0.29) is 11.5 Å². The molecule has 0 N–H and O–H groups in total. The maximum Gasteiger partial charge on any atom is 0.0839 e. The highest BCUT2D eigenvalue weighted by Crippen LogP contribution is 2.31. The zero-order valence-electron chi connectivity index (χ0n) is 10.4. The molecule has 1 fully saturated rings. The molecule has 0 spiro atoms. The Hall–Kier alpha value is -1.12. The minimum Gasteiger partial charge on any atom is -0.373 e. The number of rotatable bonds is 1. The van der Waals surface area contributed by atoms with Crippen molar-refractivity contribution in [2.24, 2.45) is 0 Å². The molecule has 2 aromatic rings. The van der Waals surface area contributed by atoms with Gasteiger partial charge in [0.15, 0.2) is 0 Å². The fraction of sp³-hybridized carbons (Fsp3) is 0.400. The number of hydrogen-bond donors (Lipinski definition) is 0. The molecule has 1 aromatic carbocycles. The molecule has 2 nitrogen and oxygen atoms in total. The Morgan fingerprint density at radius 3 is 3.00 bits per heavy atom. The highest BCUT2D eigenvalue weighted by Gasteiger charge is 2.22. The molecule has 2 unspecified atom stereocenters. The van der Waals surface area contributed by atoms with E-state index in [9.17, 15) is 0 Å². The van der Waals surface area contributed by atoms with Crippen LogP contribution < -0.4 is 0 Å². The molecular weight excluding hydrogens is 246 g/mol. The Labute approximate surface area is 112 Å². The normalized spacial score (nSPS) is 24.3. The van der Waals surface area contributed by atoms with Gasteiger partial charge in [-0.1, -0.05) is 12.1 Å². The summed E-state index contributed by atoms with van der Waals surface area (Å²) in [7, 11) is 0. The van der Waals surface area contributed by atoms with Gasteiger partial charge in [-0.2, -0.15) is 0 Å². The number of halogens is 1. The molecule has 94 valence electrons. The number of benzene rings is 1. The van der Waals surface area contributed by atoms with Gasteiger partial charge in [-0.05, 0) is 43.5 Å². The van der Waals surface area contributed by atoms with Crippen LogP contribution in [-0.2, 0) is 4.74 Å². The van der Waals surface area contributed by atoms with Crippen molar-refractivity contribution >= 4 is 22.5 Å². The Morgan fingerprint density at radius 2 is 2.17 bits per heavy atom. The summed E-state index contributed by atoms with van der Waals surface area (Å²) in [4.78, 5) is 4.51. The lowest BCUT2D eigenvalue weighted by atomic mass is 9.99. The first-order chi connectivity index (χ1) is 8.72. The van der Waals surface area contributed by atoms with Crippen LogP contribution in [-0.4, -0.2) is 17.0 Å². The molecule has 1 saturated heterocycles. The fourth-order valence-electron chi connectivity index (χ4n) is 2.43. The molecule has 2 atom stereocenters. The summed E-state index contributed by atoms with van der Waals surface area (Å²) < 4.78 is 5.80. The smallest absolute Gasteiger partial charge is 0.0839 e. The van der Waals surface area contributed by atoms with Gasteiger partial charge in [0.25, 0.3) is 0 Å². The van der Waals surface area contributed by atoms with Crippen molar-refractivity contribution in [2.75, 3.05) is 6.61 Å². The molecular formula is C15H16ClNO. The molecule has 0 bridgehead atoms. The average Bonchev–Trinajstić information content (AvgIpc) is 2.38. The molecule has 3 rings (SSSR count). The van der Waals surface area contributed by atoms with Crippen LogP contribution in [0.25, 0.3) is 10.9 Å². The summed E-state index contributed by atoms with van der Waals surface area (Å²) in [5, 5.41) is 1.40. The third-order valence-electron chi connectivity index (χ3n) is 3.44. The van der Waals surface area contributed by atoms with Crippen LogP contribution in [0.4, 0.5) is 0 Å². The van der Waals surface area contributed by atoms with Crippen molar-refractivity contribution in [3.8, 4) is 0 Å². The third kappa shape index (κ3) is 2.36. The maximum atomic E-state index is 6.21. The van der Waals surface area contributed by atoms with Gasteiger partial charge in [-0.15, -0.1) is 11.6 Å². The lowest BCUT2D eigenvalue weighted by Crippen LogP contribution is -2.19. The number of pyridine rings is 1. The number of aromatic nitrogens is 1. The average molecular weight is 262 g/mol. The second-order valence-corrected chi connectivity index (χ2v) is 5.50. The molecule has 1 aliphatic rings. The van der Waals surface area contributed by atoms with E-state index in [0.29, 0.717) is 0 Å². The number of alkyl halides is 1. The van der Waals surface area contributed by atoms with Crippen LogP contribution in [0.1, 0.15) is 30.2 Å². The summed E-state index contributed by atoms with van der Waals surface area (Å²) in [6, 6.07) is 10.5. The second kappa shape index (κ2) is 4.87. The standard InChI is InChI=1S/C15H16ClNO/c1-10-2-3-11-8-12(4-5-14(11)17-10)15-9-13(16)6-7-18-15/h2-5,8,13,15H,6-7,9H2,1H3. The predicted octanol–water partition coefficient (Wildman–Crippen LogP) is 4.00. The summed E-state index contributed by atoms with van der Waals surface area (Å²) in [5.74, 6) is 0. The zero-order chi connectivity index (χ0) is 12.5. The summed E-state index contributed by atoms with van der Waals surface area (Å²) in [6.45, 7) is 2.76. The quantitative estimate of drug-likeness (QED) is 0.724. The van der Waals surface area contributed by atoms with Crippen LogP contribution in [0.2, 0.25) is 0 Å².